The molecule has 0 bridgehead atoms. The fourth-order valence-electron chi connectivity index (χ4n) is 2.17. The first kappa shape index (κ1) is 13.7. The molecule has 3 N–H and O–H groups in total. The first-order valence-corrected chi connectivity index (χ1v) is 6.26. The predicted molar refractivity (Wildman–Crippen MR) is 66.8 cm³/mol. The first-order valence-electron chi connectivity index (χ1n) is 6.26. The van der Waals surface area contributed by atoms with Crippen molar-refractivity contribution in [2.45, 2.75) is 37.8 Å². The van der Waals surface area contributed by atoms with Gasteiger partial charge in [-0.2, -0.15) is 0 Å². The predicted octanol–water partition coefficient (Wildman–Crippen LogP) is 2.39. The van der Waals surface area contributed by atoms with E-state index in [0.717, 1.165) is 12.1 Å². The summed E-state index contributed by atoms with van der Waals surface area (Å²) in [5.41, 5.74) is -0.448. The summed E-state index contributed by atoms with van der Waals surface area (Å²) in [6, 6.07) is 2.69. The van der Waals surface area contributed by atoms with Gasteiger partial charge >= 0.3 is 6.03 Å². The van der Waals surface area contributed by atoms with Crippen LogP contribution in [0.5, 0.6) is 0 Å². The molecule has 1 aromatic rings. The number of aliphatic hydroxyl groups excluding tert-OH is 1. The van der Waals surface area contributed by atoms with Crippen molar-refractivity contribution in [1.82, 2.24) is 5.32 Å². The molecule has 19 heavy (non-hydrogen) atoms. The number of aliphatic hydroxyl groups is 1. The highest BCUT2D eigenvalue weighted by molar-refractivity contribution is 5.89. The lowest BCUT2D eigenvalue weighted by Gasteiger charge is -2.26. The van der Waals surface area contributed by atoms with Crippen molar-refractivity contribution < 1.29 is 18.7 Å². The van der Waals surface area contributed by atoms with E-state index in [4.69, 9.17) is 0 Å². The molecule has 4 nitrogen and oxygen atoms in total. The lowest BCUT2D eigenvalue weighted by molar-refractivity contribution is 0.118. The quantitative estimate of drug-likeness (QED) is 0.772. The van der Waals surface area contributed by atoms with Crippen LogP contribution in [0, 0.1) is 11.6 Å². The van der Waals surface area contributed by atoms with Gasteiger partial charge in [0.05, 0.1) is 6.10 Å². The van der Waals surface area contributed by atoms with E-state index in [1.54, 1.807) is 0 Å². The van der Waals surface area contributed by atoms with Gasteiger partial charge in [0, 0.05) is 6.04 Å². The Bertz CT molecular complexity index is 440. The van der Waals surface area contributed by atoms with Crippen molar-refractivity contribution in [3.05, 3.63) is 29.8 Å². The average molecular weight is 270 g/mol. The van der Waals surface area contributed by atoms with Gasteiger partial charge < -0.3 is 15.7 Å². The first-order chi connectivity index (χ1) is 9.06. The molecule has 0 aliphatic heterocycles. The molecular formula is C13H16F2N2O2. The Balaban J connectivity index is 1.91. The zero-order valence-electron chi connectivity index (χ0n) is 10.3. The Morgan fingerprint density at radius 1 is 1.16 bits per heavy atom. The van der Waals surface area contributed by atoms with Gasteiger partial charge in [0.2, 0.25) is 0 Å². The standard InChI is InChI=1S/C13H16F2N2O2/c14-10-2-1-3-11(15)12(10)17-13(19)16-8-4-6-9(18)7-5-8/h1-3,8-9,18H,4-7H2,(H2,16,17,19). The summed E-state index contributed by atoms with van der Waals surface area (Å²) < 4.78 is 26.7. The summed E-state index contributed by atoms with van der Waals surface area (Å²) in [6.45, 7) is 0. The normalized spacial score (nSPS) is 22.9. The maximum atomic E-state index is 13.3. The molecule has 0 unspecified atom stereocenters. The fraction of sp³-hybridized carbons (Fsp3) is 0.462. The third-order valence-electron chi connectivity index (χ3n) is 3.23. The number of urea groups is 1. The molecular weight excluding hydrogens is 254 g/mol. The molecule has 104 valence electrons. The number of anilines is 1. The smallest absolute Gasteiger partial charge is 0.319 e. The van der Waals surface area contributed by atoms with Crippen LogP contribution in [0.15, 0.2) is 18.2 Å². The van der Waals surface area contributed by atoms with Gasteiger partial charge in [-0.15, -0.1) is 0 Å². The largest absolute Gasteiger partial charge is 0.393 e. The maximum Gasteiger partial charge on any atom is 0.319 e. The number of hydrogen-bond acceptors (Lipinski definition) is 2. The number of halogens is 2. The second kappa shape index (κ2) is 5.97. The van der Waals surface area contributed by atoms with Crippen LogP contribution in [0.3, 0.4) is 0 Å². The van der Waals surface area contributed by atoms with Gasteiger partial charge in [0.15, 0.2) is 0 Å². The van der Waals surface area contributed by atoms with Crippen LogP contribution in [0.1, 0.15) is 25.7 Å². The van der Waals surface area contributed by atoms with E-state index in [2.05, 4.69) is 10.6 Å². The second-order valence-electron chi connectivity index (χ2n) is 4.70. The van der Waals surface area contributed by atoms with E-state index in [0.29, 0.717) is 25.7 Å². The average Bonchev–Trinajstić information content (AvgIpc) is 2.37. The molecule has 1 aliphatic carbocycles. The number of para-hydroxylation sites is 1. The molecule has 0 aromatic heterocycles. The summed E-state index contributed by atoms with van der Waals surface area (Å²) in [5.74, 6) is -1.62. The Labute approximate surface area is 109 Å². The van der Waals surface area contributed by atoms with E-state index in [1.807, 2.05) is 0 Å². The number of carbonyl (C=O) groups is 1. The van der Waals surface area contributed by atoms with Gasteiger partial charge in [0.25, 0.3) is 0 Å². The molecule has 1 aliphatic rings. The molecule has 0 spiro atoms. The maximum absolute atomic E-state index is 13.3. The minimum absolute atomic E-state index is 0.0711. The fourth-order valence-corrected chi connectivity index (χ4v) is 2.17. The lowest BCUT2D eigenvalue weighted by atomic mass is 9.93. The monoisotopic (exact) mass is 270 g/mol. The number of benzene rings is 1. The molecule has 1 fully saturated rings. The van der Waals surface area contributed by atoms with Crippen molar-refractivity contribution in [1.29, 1.82) is 0 Å². The number of carbonyl (C=O) groups excluding carboxylic acids is 1. The molecule has 6 heteroatoms. The Morgan fingerprint density at radius 3 is 2.32 bits per heavy atom. The van der Waals surface area contributed by atoms with Crippen molar-refractivity contribution in [3.8, 4) is 0 Å². The van der Waals surface area contributed by atoms with E-state index in [9.17, 15) is 18.7 Å². The number of amides is 2. The van der Waals surface area contributed by atoms with E-state index < -0.39 is 23.4 Å². The van der Waals surface area contributed by atoms with E-state index >= 15 is 0 Å². The van der Waals surface area contributed by atoms with Gasteiger partial charge in [0.1, 0.15) is 17.3 Å². The second-order valence-corrected chi connectivity index (χ2v) is 4.70. The molecule has 2 amide bonds. The van der Waals surface area contributed by atoms with Crippen LogP contribution in [-0.2, 0) is 0 Å². The Hall–Kier alpha value is -1.69. The topological polar surface area (TPSA) is 61.4 Å². The van der Waals surface area contributed by atoms with Gasteiger partial charge in [-0.3, -0.25) is 0 Å². The summed E-state index contributed by atoms with van der Waals surface area (Å²) in [4.78, 5) is 11.6. The van der Waals surface area contributed by atoms with Crippen LogP contribution in [0.2, 0.25) is 0 Å². The van der Waals surface area contributed by atoms with Gasteiger partial charge in [-0.25, -0.2) is 13.6 Å². The van der Waals surface area contributed by atoms with Crippen molar-refractivity contribution in [3.63, 3.8) is 0 Å². The summed E-state index contributed by atoms with van der Waals surface area (Å²) >= 11 is 0. The highest BCUT2D eigenvalue weighted by Gasteiger charge is 2.21. The minimum Gasteiger partial charge on any atom is -0.393 e. The van der Waals surface area contributed by atoms with E-state index in [1.165, 1.54) is 6.07 Å². The molecule has 1 aromatic carbocycles. The molecule has 0 heterocycles. The van der Waals surface area contributed by atoms with Crippen molar-refractivity contribution in [2.75, 3.05) is 5.32 Å². The summed E-state index contributed by atoms with van der Waals surface area (Å²) in [7, 11) is 0. The van der Waals surface area contributed by atoms with Crippen molar-refractivity contribution in [2.24, 2.45) is 0 Å². The van der Waals surface area contributed by atoms with E-state index in [-0.39, 0.29) is 12.1 Å². The third-order valence-corrected chi connectivity index (χ3v) is 3.23. The van der Waals surface area contributed by atoms with Crippen LogP contribution in [0.4, 0.5) is 19.3 Å². The molecule has 0 saturated heterocycles. The van der Waals surface area contributed by atoms with Crippen LogP contribution < -0.4 is 10.6 Å². The number of rotatable bonds is 2. The highest BCUT2D eigenvalue weighted by Crippen LogP contribution is 2.20. The SMILES string of the molecule is O=C(Nc1c(F)cccc1F)NC1CCC(O)CC1. The zero-order valence-corrected chi connectivity index (χ0v) is 10.3. The van der Waals surface area contributed by atoms with Gasteiger partial charge in [-0.1, -0.05) is 6.07 Å². The van der Waals surface area contributed by atoms with Gasteiger partial charge in [-0.05, 0) is 37.8 Å². The summed E-state index contributed by atoms with van der Waals surface area (Å²) in [5, 5.41) is 14.2. The Morgan fingerprint density at radius 2 is 1.74 bits per heavy atom. The van der Waals surface area contributed by atoms with Crippen molar-refractivity contribution >= 4 is 11.7 Å². The number of nitrogens with one attached hydrogen (secondary N) is 2. The molecule has 2 rings (SSSR count). The zero-order chi connectivity index (χ0) is 13.8. The minimum atomic E-state index is -0.811. The molecule has 1 saturated carbocycles. The third kappa shape index (κ3) is 3.64. The molecule has 0 radical (unpaired) electrons. The van der Waals surface area contributed by atoms with Crippen LogP contribution >= 0.6 is 0 Å². The molecule has 0 atom stereocenters. The Kier molecular flexibility index (Phi) is 4.31. The van der Waals surface area contributed by atoms with Crippen LogP contribution in [0.25, 0.3) is 0 Å². The number of hydrogen-bond donors (Lipinski definition) is 3. The lowest BCUT2D eigenvalue weighted by Crippen LogP contribution is -2.41. The highest BCUT2D eigenvalue weighted by atomic mass is 19.1. The summed E-state index contributed by atoms with van der Waals surface area (Å²) in [6.07, 6.45) is 2.26. The van der Waals surface area contributed by atoms with Crippen LogP contribution in [-0.4, -0.2) is 23.3 Å².